The van der Waals surface area contributed by atoms with Crippen LogP contribution in [0.1, 0.15) is 10.4 Å². The van der Waals surface area contributed by atoms with Crippen molar-refractivity contribution in [3.05, 3.63) is 66.2 Å². The first-order valence-electron chi connectivity index (χ1n) is 6.99. The molecule has 0 spiro atoms. The van der Waals surface area contributed by atoms with Gasteiger partial charge in [-0.15, -0.1) is 0 Å². The standard InChI is InChI=1S/C18H13NO3/c20-18(14-6-5-12-3-1-2-4-13(12)9-14)19-15-7-8-16-17(10-15)22-11-21-16/h1-10H,11H2,(H,19,20). The number of hydrogen-bond donors (Lipinski definition) is 1. The number of fused-ring (bicyclic) bond motifs is 2. The Labute approximate surface area is 127 Å². The molecule has 0 radical (unpaired) electrons. The molecule has 1 aliphatic rings. The number of hydrogen-bond acceptors (Lipinski definition) is 3. The van der Waals surface area contributed by atoms with E-state index in [4.69, 9.17) is 9.47 Å². The second-order valence-corrected chi connectivity index (χ2v) is 5.08. The largest absolute Gasteiger partial charge is 0.454 e. The van der Waals surface area contributed by atoms with Crippen LogP contribution < -0.4 is 14.8 Å². The van der Waals surface area contributed by atoms with Crippen molar-refractivity contribution in [3.63, 3.8) is 0 Å². The lowest BCUT2D eigenvalue weighted by molar-refractivity contribution is 0.102. The first-order valence-corrected chi connectivity index (χ1v) is 6.99. The molecule has 3 aromatic rings. The predicted molar refractivity (Wildman–Crippen MR) is 84.5 cm³/mol. The fourth-order valence-electron chi connectivity index (χ4n) is 2.51. The molecule has 1 aliphatic heterocycles. The second-order valence-electron chi connectivity index (χ2n) is 5.08. The lowest BCUT2D eigenvalue weighted by atomic mass is 10.1. The third-order valence-corrected chi connectivity index (χ3v) is 3.64. The quantitative estimate of drug-likeness (QED) is 0.780. The van der Waals surface area contributed by atoms with E-state index in [2.05, 4.69) is 5.32 Å². The highest BCUT2D eigenvalue weighted by Gasteiger charge is 2.14. The lowest BCUT2D eigenvalue weighted by Gasteiger charge is -2.07. The molecule has 1 amide bonds. The molecule has 108 valence electrons. The molecule has 0 unspecified atom stereocenters. The summed E-state index contributed by atoms with van der Waals surface area (Å²) in [6, 6.07) is 19.0. The van der Waals surface area contributed by atoms with Crippen molar-refractivity contribution >= 4 is 22.4 Å². The van der Waals surface area contributed by atoms with Gasteiger partial charge < -0.3 is 14.8 Å². The Morgan fingerprint density at radius 1 is 0.864 bits per heavy atom. The van der Waals surface area contributed by atoms with E-state index in [9.17, 15) is 4.79 Å². The van der Waals surface area contributed by atoms with E-state index in [1.54, 1.807) is 18.2 Å². The van der Waals surface area contributed by atoms with Gasteiger partial charge in [-0.3, -0.25) is 4.79 Å². The molecule has 4 rings (SSSR count). The summed E-state index contributed by atoms with van der Waals surface area (Å²) in [7, 11) is 0. The summed E-state index contributed by atoms with van der Waals surface area (Å²) in [4.78, 5) is 12.4. The monoisotopic (exact) mass is 291 g/mol. The van der Waals surface area contributed by atoms with Crippen LogP contribution in [-0.4, -0.2) is 12.7 Å². The molecule has 0 atom stereocenters. The van der Waals surface area contributed by atoms with Crippen LogP contribution in [0, 0.1) is 0 Å². The molecule has 0 saturated heterocycles. The highest BCUT2D eigenvalue weighted by Crippen LogP contribution is 2.34. The van der Waals surface area contributed by atoms with Crippen LogP contribution in [0.15, 0.2) is 60.7 Å². The highest BCUT2D eigenvalue weighted by atomic mass is 16.7. The van der Waals surface area contributed by atoms with Crippen LogP contribution in [0.3, 0.4) is 0 Å². The summed E-state index contributed by atoms with van der Waals surface area (Å²) in [5.41, 5.74) is 1.30. The summed E-state index contributed by atoms with van der Waals surface area (Å²) in [5, 5.41) is 5.03. The zero-order valence-corrected chi connectivity index (χ0v) is 11.7. The van der Waals surface area contributed by atoms with Gasteiger partial charge in [0.2, 0.25) is 6.79 Å². The first-order chi connectivity index (χ1) is 10.8. The van der Waals surface area contributed by atoms with Gasteiger partial charge in [0.05, 0.1) is 0 Å². The highest BCUT2D eigenvalue weighted by molar-refractivity contribution is 6.06. The normalized spacial score (nSPS) is 12.4. The second kappa shape index (κ2) is 5.07. The number of rotatable bonds is 2. The van der Waals surface area contributed by atoms with Gasteiger partial charge in [-0.1, -0.05) is 30.3 Å². The summed E-state index contributed by atoms with van der Waals surface area (Å²) < 4.78 is 10.6. The molecule has 0 saturated carbocycles. The van der Waals surface area contributed by atoms with Gasteiger partial charge in [0.1, 0.15) is 0 Å². The Hall–Kier alpha value is -3.01. The maximum atomic E-state index is 12.4. The Balaban J connectivity index is 1.60. The van der Waals surface area contributed by atoms with Gasteiger partial charge in [0, 0.05) is 17.3 Å². The third-order valence-electron chi connectivity index (χ3n) is 3.64. The van der Waals surface area contributed by atoms with Crippen molar-refractivity contribution in [1.29, 1.82) is 0 Å². The van der Waals surface area contributed by atoms with Gasteiger partial charge in [0.15, 0.2) is 11.5 Å². The van der Waals surface area contributed by atoms with Crippen LogP contribution in [0.25, 0.3) is 10.8 Å². The summed E-state index contributed by atoms with van der Waals surface area (Å²) in [5.74, 6) is 1.20. The van der Waals surface area contributed by atoms with Crippen molar-refractivity contribution < 1.29 is 14.3 Å². The van der Waals surface area contributed by atoms with Crippen LogP contribution in [0.5, 0.6) is 11.5 Å². The topological polar surface area (TPSA) is 47.6 Å². The average Bonchev–Trinajstić information content (AvgIpc) is 3.02. The fourth-order valence-corrected chi connectivity index (χ4v) is 2.51. The Morgan fingerprint density at radius 3 is 2.59 bits per heavy atom. The van der Waals surface area contributed by atoms with E-state index in [-0.39, 0.29) is 12.7 Å². The Kier molecular flexibility index (Phi) is 2.93. The first kappa shape index (κ1) is 12.7. The Morgan fingerprint density at radius 2 is 1.68 bits per heavy atom. The summed E-state index contributed by atoms with van der Waals surface area (Å²) >= 11 is 0. The van der Waals surface area contributed by atoms with Crippen molar-refractivity contribution in [2.45, 2.75) is 0 Å². The predicted octanol–water partition coefficient (Wildman–Crippen LogP) is 3.82. The third kappa shape index (κ3) is 2.24. The molecular weight excluding hydrogens is 278 g/mol. The van der Waals surface area contributed by atoms with Crippen LogP contribution in [-0.2, 0) is 0 Å². The number of amides is 1. The molecule has 4 nitrogen and oxygen atoms in total. The van der Waals surface area contributed by atoms with Crippen molar-refractivity contribution in [2.75, 3.05) is 12.1 Å². The molecule has 0 aromatic heterocycles. The number of carbonyl (C=O) groups is 1. The van der Waals surface area contributed by atoms with E-state index in [1.165, 1.54) is 0 Å². The molecule has 0 fully saturated rings. The molecule has 0 aliphatic carbocycles. The zero-order chi connectivity index (χ0) is 14.9. The van der Waals surface area contributed by atoms with E-state index < -0.39 is 0 Å². The van der Waals surface area contributed by atoms with Crippen LogP contribution >= 0.6 is 0 Å². The van der Waals surface area contributed by atoms with E-state index in [1.807, 2.05) is 42.5 Å². The van der Waals surface area contributed by atoms with Gasteiger partial charge in [0.25, 0.3) is 5.91 Å². The minimum atomic E-state index is -0.149. The molecule has 3 aromatic carbocycles. The van der Waals surface area contributed by atoms with Gasteiger partial charge >= 0.3 is 0 Å². The zero-order valence-electron chi connectivity index (χ0n) is 11.7. The number of benzene rings is 3. The lowest BCUT2D eigenvalue weighted by Crippen LogP contribution is -2.11. The maximum Gasteiger partial charge on any atom is 0.255 e. The molecule has 22 heavy (non-hydrogen) atoms. The Bertz CT molecular complexity index is 873. The van der Waals surface area contributed by atoms with Gasteiger partial charge in [-0.25, -0.2) is 0 Å². The van der Waals surface area contributed by atoms with Crippen LogP contribution in [0.4, 0.5) is 5.69 Å². The van der Waals surface area contributed by atoms with Crippen molar-refractivity contribution in [3.8, 4) is 11.5 Å². The fraction of sp³-hybridized carbons (Fsp3) is 0.0556. The number of carbonyl (C=O) groups excluding carboxylic acids is 1. The van der Waals surface area contributed by atoms with Crippen molar-refractivity contribution in [1.82, 2.24) is 0 Å². The average molecular weight is 291 g/mol. The molecule has 1 heterocycles. The number of nitrogens with one attached hydrogen (secondary N) is 1. The smallest absolute Gasteiger partial charge is 0.255 e. The van der Waals surface area contributed by atoms with Gasteiger partial charge in [-0.05, 0) is 35.0 Å². The molecule has 4 heteroatoms. The minimum absolute atomic E-state index is 0.149. The number of ether oxygens (including phenoxy) is 2. The van der Waals surface area contributed by atoms with E-state index in [0.29, 0.717) is 22.7 Å². The minimum Gasteiger partial charge on any atom is -0.454 e. The van der Waals surface area contributed by atoms with Gasteiger partial charge in [-0.2, -0.15) is 0 Å². The summed E-state index contributed by atoms with van der Waals surface area (Å²) in [6.07, 6.45) is 0. The molecule has 1 N–H and O–H groups in total. The van der Waals surface area contributed by atoms with E-state index in [0.717, 1.165) is 10.8 Å². The molecule has 0 bridgehead atoms. The van der Waals surface area contributed by atoms with Crippen LogP contribution in [0.2, 0.25) is 0 Å². The van der Waals surface area contributed by atoms with Crippen molar-refractivity contribution in [2.24, 2.45) is 0 Å². The maximum absolute atomic E-state index is 12.4. The SMILES string of the molecule is O=C(Nc1ccc2c(c1)OCO2)c1ccc2ccccc2c1. The van der Waals surface area contributed by atoms with E-state index >= 15 is 0 Å². The molecular formula is C18H13NO3. The summed E-state index contributed by atoms with van der Waals surface area (Å²) in [6.45, 7) is 0.220. The number of anilines is 1.